The first-order valence-electron chi connectivity index (χ1n) is 4.23. The normalized spacial score (nSPS) is 20.2. The Kier molecular flexibility index (Phi) is 3.67. The molecule has 0 aromatic carbocycles. The van der Waals surface area contributed by atoms with Gasteiger partial charge < -0.3 is 0 Å². The van der Waals surface area contributed by atoms with Gasteiger partial charge in [0.25, 0.3) is 0 Å². The molecule has 11 heavy (non-hydrogen) atoms. The molecule has 0 bridgehead atoms. The number of hydrogen-bond donors (Lipinski definition) is 0. The second-order valence-corrected chi connectivity index (χ2v) is 2.84. The Morgan fingerprint density at radius 3 is 2.82 bits per heavy atom. The Labute approximate surface area is 67.8 Å². The number of hydrogen-bond acceptors (Lipinski definition) is 1. The van der Waals surface area contributed by atoms with Gasteiger partial charge in [0.2, 0.25) is 0 Å². The fourth-order valence-corrected chi connectivity index (χ4v) is 1.14. The molecule has 1 heteroatoms. The Hall–Kier alpha value is -0.850. The largest absolute Gasteiger partial charge is 0.299 e. The Bertz CT molecular complexity index is 177. The summed E-state index contributed by atoms with van der Waals surface area (Å²) in [5.74, 6) is 0.372. The zero-order valence-corrected chi connectivity index (χ0v) is 6.75. The van der Waals surface area contributed by atoms with Crippen molar-refractivity contribution in [3.05, 3.63) is 24.3 Å². The molecule has 0 aliphatic heterocycles. The van der Waals surface area contributed by atoms with Gasteiger partial charge in [0.05, 0.1) is 0 Å². The average Bonchev–Trinajstić information content (AvgIpc) is 2.03. The predicted molar refractivity (Wildman–Crippen MR) is 46.4 cm³/mol. The van der Waals surface area contributed by atoms with Crippen LogP contribution in [0.2, 0.25) is 0 Å². The van der Waals surface area contributed by atoms with E-state index in [-0.39, 0.29) is 0 Å². The number of rotatable bonds is 0. The van der Waals surface area contributed by atoms with Crippen LogP contribution in [0.3, 0.4) is 0 Å². The maximum absolute atomic E-state index is 11.0. The molecule has 1 aliphatic carbocycles. The molecule has 0 heterocycles. The minimum atomic E-state index is 0.372. The molecule has 0 atom stereocenters. The standard InChI is InChI=1S/C10H14O/c11-10-8-6-4-2-1-3-5-7-9-10/h1-2,4,6H,3,5,7-9H2. The molecule has 60 valence electrons. The molecule has 0 N–H and O–H groups in total. The van der Waals surface area contributed by atoms with Gasteiger partial charge in [0, 0.05) is 12.8 Å². The summed E-state index contributed by atoms with van der Waals surface area (Å²) in [5, 5.41) is 0. The zero-order chi connectivity index (χ0) is 7.94. The molecular weight excluding hydrogens is 136 g/mol. The quantitative estimate of drug-likeness (QED) is 0.518. The van der Waals surface area contributed by atoms with Gasteiger partial charge in [-0.05, 0) is 19.3 Å². The van der Waals surface area contributed by atoms with Crippen molar-refractivity contribution in [1.82, 2.24) is 0 Å². The molecule has 0 saturated carbocycles. The summed E-state index contributed by atoms with van der Waals surface area (Å²) in [5.41, 5.74) is 0. The van der Waals surface area contributed by atoms with E-state index in [0.717, 1.165) is 25.7 Å². The Morgan fingerprint density at radius 1 is 1.09 bits per heavy atom. The predicted octanol–water partition coefficient (Wildman–Crippen LogP) is 2.63. The van der Waals surface area contributed by atoms with Crippen LogP contribution < -0.4 is 0 Å². The topological polar surface area (TPSA) is 17.1 Å². The molecule has 0 radical (unpaired) electrons. The van der Waals surface area contributed by atoms with E-state index in [1.807, 2.05) is 18.2 Å². The fraction of sp³-hybridized carbons (Fsp3) is 0.500. The highest BCUT2D eigenvalue weighted by atomic mass is 16.1. The van der Waals surface area contributed by atoms with E-state index >= 15 is 0 Å². The number of allylic oxidation sites excluding steroid dienone is 4. The smallest absolute Gasteiger partial charge is 0.136 e. The van der Waals surface area contributed by atoms with Crippen LogP contribution in [0.1, 0.15) is 32.1 Å². The molecule has 1 rings (SSSR count). The van der Waals surface area contributed by atoms with Gasteiger partial charge in [0.15, 0.2) is 0 Å². The molecule has 0 aromatic heterocycles. The van der Waals surface area contributed by atoms with E-state index in [4.69, 9.17) is 0 Å². The summed E-state index contributed by atoms with van der Waals surface area (Å²) < 4.78 is 0. The molecule has 0 fully saturated rings. The number of carbonyl (C=O) groups is 1. The number of carbonyl (C=O) groups excluding carboxylic acids is 1. The van der Waals surface area contributed by atoms with E-state index in [0.29, 0.717) is 12.2 Å². The summed E-state index contributed by atoms with van der Waals surface area (Å²) in [6.07, 6.45) is 12.8. The van der Waals surface area contributed by atoms with Crippen LogP contribution in [-0.2, 0) is 4.79 Å². The number of ketones is 1. The highest BCUT2D eigenvalue weighted by Crippen LogP contribution is 2.05. The Morgan fingerprint density at radius 2 is 1.91 bits per heavy atom. The van der Waals surface area contributed by atoms with Gasteiger partial charge in [-0.1, -0.05) is 24.3 Å². The third-order valence-electron chi connectivity index (χ3n) is 1.81. The number of Topliss-reactive ketones (excluding diaryl/α,β-unsaturated/α-hetero) is 1. The maximum atomic E-state index is 11.0. The van der Waals surface area contributed by atoms with E-state index in [2.05, 4.69) is 6.08 Å². The first kappa shape index (κ1) is 8.25. The maximum Gasteiger partial charge on any atom is 0.136 e. The molecule has 1 aliphatic rings. The molecule has 0 aromatic rings. The average molecular weight is 150 g/mol. The summed E-state index contributed by atoms with van der Waals surface area (Å²) in [4.78, 5) is 11.0. The zero-order valence-electron chi connectivity index (χ0n) is 6.75. The molecule has 0 saturated heterocycles. The van der Waals surface area contributed by atoms with Gasteiger partial charge in [-0.15, -0.1) is 0 Å². The van der Waals surface area contributed by atoms with Crippen molar-refractivity contribution in [3.63, 3.8) is 0 Å². The molecular formula is C10H14O. The van der Waals surface area contributed by atoms with Crippen LogP contribution in [0.25, 0.3) is 0 Å². The third-order valence-corrected chi connectivity index (χ3v) is 1.81. The molecule has 1 nitrogen and oxygen atoms in total. The van der Waals surface area contributed by atoms with E-state index in [9.17, 15) is 4.79 Å². The SMILES string of the molecule is O=C1CC=CC=CCCCC1. The minimum Gasteiger partial charge on any atom is -0.299 e. The van der Waals surface area contributed by atoms with Crippen molar-refractivity contribution in [2.75, 3.05) is 0 Å². The van der Waals surface area contributed by atoms with E-state index in [1.54, 1.807) is 0 Å². The van der Waals surface area contributed by atoms with E-state index in [1.165, 1.54) is 0 Å². The summed E-state index contributed by atoms with van der Waals surface area (Å²) in [6, 6.07) is 0. The van der Waals surface area contributed by atoms with Gasteiger partial charge in [-0.3, -0.25) is 4.79 Å². The van der Waals surface area contributed by atoms with Crippen molar-refractivity contribution in [2.24, 2.45) is 0 Å². The lowest BCUT2D eigenvalue weighted by atomic mass is 10.1. The van der Waals surface area contributed by atoms with Crippen molar-refractivity contribution in [1.29, 1.82) is 0 Å². The fourth-order valence-electron chi connectivity index (χ4n) is 1.14. The molecule has 0 amide bonds. The second kappa shape index (κ2) is 4.89. The second-order valence-electron chi connectivity index (χ2n) is 2.84. The highest BCUT2D eigenvalue weighted by molar-refractivity contribution is 5.79. The lowest BCUT2D eigenvalue weighted by Crippen LogP contribution is -1.95. The summed E-state index contributed by atoms with van der Waals surface area (Å²) in [7, 11) is 0. The Balaban J connectivity index is 2.42. The lowest BCUT2D eigenvalue weighted by Gasteiger charge is -1.97. The molecule has 0 unspecified atom stereocenters. The summed E-state index contributed by atoms with van der Waals surface area (Å²) in [6.45, 7) is 0. The summed E-state index contributed by atoms with van der Waals surface area (Å²) >= 11 is 0. The highest BCUT2D eigenvalue weighted by Gasteiger charge is 1.98. The molecule has 0 spiro atoms. The van der Waals surface area contributed by atoms with Crippen LogP contribution in [0, 0.1) is 0 Å². The van der Waals surface area contributed by atoms with Crippen LogP contribution in [-0.4, -0.2) is 5.78 Å². The van der Waals surface area contributed by atoms with Crippen LogP contribution in [0.5, 0.6) is 0 Å². The van der Waals surface area contributed by atoms with Crippen molar-refractivity contribution < 1.29 is 4.79 Å². The van der Waals surface area contributed by atoms with Crippen molar-refractivity contribution in [2.45, 2.75) is 32.1 Å². The van der Waals surface area contributed by atoms with Gasteiger partial charge >= 0.3 is 0 Å². The van der Waals surface area contributed by atoms with Crippen LogP contribution in [0.15, 0.2) is 24.3 Å². The monoisotopic (exact) mass is 150 g/mol. The minimum absolute atomic E-state index is 0.372. The van der Waals surface area contributed by atoms with Crippen LogP contribution >= 0.6 is 0 Å². The van der Waals surface area contributed by atoms with Gasteiger partial charge in [0.1, 0.15) is 5.78 Å². The lowest BCUT2D eigenvalue weighted by molar-refractivity contribution is -0.118. The van der Waals surface area contributed by atoms with Crippen molar-refractivity contribution in [3.8, 4) is 0 Å². The van der Waals surface area contributed by atoms with E-state index < -0.39 is 0 Å². The third kappa shape index (κ3) is 3.76. The van der Waals surface area contributed by atoms with Gasteiger partial charge in [-0.25, -0.2) is 0 Å². The first-order chi connectivity index (χ1) is 5.39. The van der Waals surface area contributed by atoms with Crippen LogP contribution in [0.4, 0.5) is 0 Å². The first-order valence-corrected chi connectivity index (χ1v) is 4.23. The van der Waals surface area contributed by atoms with Crippen molar-refractivity contribution >= 4 is 5.78 Å². The van der Waals surface area contributed by atoms with Gasteiger partial charge in [-0.2, -0.15) is 0 Å².